The Hall–Kier alpha value is -2.18. The lowest BCUT2D eigenvalue weighted by Crippen LogP contribution is -2.11. The maximum absolute atomic E-state index is 13.2. The molecule has 1 rings (SSSR count). The zero-order valence-corrected chi connectivity index (χ0v) is 10.0. The fourth-order valence-corrected chi connectivity index (χ4v) is 1.36. The minimum atomic E-state index is -0.678. The molecule has 7 heteroatoms. The van der Waals surface area contributed by atoms with Crippen molar-refractivity contribution in [1.82, 2.24) is 0 Å². The number of ether oxygens (including phenoxy) is 1. The summed E-state index contributed by atoms with van der Waals surface area (Å²) in [5, 5.41) is 13.5. The second-order valence-corrected chi connectivity index (χ2v) is 3.63. The number of anilines is 1. The van der Waals surface area contributed by atoms with Crippen LogP contribution in [0.5, 0.6) is 0 Å². The molecular weight excluding hydrogens is 243 g/mol. The molecule has 6 nitrogen and oxygen atoms in total. The van der Waals surface area contributed by atoms with Crippen LogP contribution in [-0.2, 0) is 9.53 Å². The van der Waals surface area contributed by atoms with E-state index in [2.05, 4.69) is 10.1 Å². The molecule has 0 heterocycles. The third-order valence-corrected chi connectivity index (χ3v) is 2.35. The Morgan fingerprint density at radius 1 is 1.56 bits per heavy atom. The largest absolute Gasteiger partial charge is 0.469 e. The van der Waals surface area contributed by atoms with Gasteiger partial charge in [0.2, 0.25) is 0 Å². The van der Waals surface area contributed by atoms with Crippen molar-refractivity contribution in [3.8, 4) is 0 Å². The highest BCUT2D eigenvalue weighted by atomic mass is 19.1. The summed E-state index contributed by atoms with van der Waals surface area (Å²) in [6.45, 7) is 1.68. The number of rotatable bonds is 5. The molecule has 1 aromatic rings. The van der Waals surface area contributed by atoms with Crippen LogP contribution in [0.2, 0.25) is 0 Å². The first-order chi connectivity index (χ1) is 8.45. The average Bonchev–Trinajstić information content (AvgIpc) is 2.32. The predicted molar refractivity (Wildman–Crippen MR) is 62.9 cm³/mol. The summed E-state index contributed by atoms with van der Waals surface area (Å²) < 4.78 is 17.7. The zero-order chi connectivity index (χ0) is 13.7. The van der Waals surface area contributed by atoms with E-state index in [0.29, 0.717) is 5.56 Å². The molecule has 1 N–H and O–H groups in total. The van der Waals surface area contributed by atoms with Gasteiger partial charge in [-0.3, -0.25) is 14.9 Å². The van der Waals surface area contributed by atoms with Crippen LogP contribution >= 0.6 is 0 Å². The molecule has 0 bridgehead atoms. The van der Waals surface area contributed by atoms with E-state index >= 15 is 0 Å². The molecule has 0 aliphatic heterocycles. The highest BCUT2D eigenvalue weighted by Crippen LogP contribution is 2.27. The highest BCUT2D eigenvalue weighted by molar-refractivity contribution is 5.70. The number of aryl methyl sites for hydroxylation is 1. The van der Waals surface area contributed by atoms with Gasteiger partial charge >= 0.3 is 5.97 Å². The van der Waals surface area contributed by atoms with Crippen LogP contribution in [0.3, 0.4) is 0 Å². The average molecular weight is 256 g/mol. The van der Waals surface area contributed by atoms with E-state index < -0.39 is 16.7 Å². The Bertz CT molecular complexity index is 476. The van der Waals surface area contributed by atoms with Crippen molar-refractivity contribution in [2.24, 2.45) is 0 Å². The maximum atomic E-state index is 13.2. The van der Waals surface area contributed by atoms with Crippen molar-refractivity contribution >= 4 is 17.3 Å². The van der Waals surface area contributed by atoms with Gasteiger partial charge in [-0.05, 0) is 18.6 Å². The monoisotopic (exact) mass is 256 g/mol. The number of hydrogen-bond donors (Lipinski definition) is 1. The van der Waals surface area contributed by atoms with Gasteiger partial charge in [0, 0.05) is 6.54 Å². The quantitative estimate of drug-likeness (QED) is 0.495. The lowest BCUT2D eigenvalue weighted by atomic mass is 10.1. The number of benzene rings is 1. The Morgan fingerprint density at radius 3 is 2.78 bits per heavy atom. The first-order valence-electron chi connectivity index (χ1n) is 5.21. The lowest BCUT2D eigenvalue weighted by Gasteiger charge is -2.08. The summed E-state index contributed by atoms with van der Waals surface area (Å²) in [4.78, 5) is 21.0. The molecule has 0 amide bonds. The van der Waals surface area contributed by atoms with Crippen molar-refractivity contribution in [1.29, 1.82) is 0 Å². The summed E-state index contributed by atoms with van der Waals surface area (Å²) in [5.74, 6) is -1.07. The summed E-state index contributed by atoms with van der Waals surface area (Å²) in [6.07, 6.45) is 0.0735. The van der Waals surface area contributed by atoms with Gasteiger partial charge in [-0.1, -0.05) is 0 Å². The first-order valence-corrected chi connectivity index (χ1v) is 5.21. The van der Waals surface area contributed by atoms with E-state index in [0.717, 1.165) is 6.07 Å². The van der Waals surface area contributed by atoms with Gasteiger partial charge in [-0.15, -0.1) is 0 Å². The fourth-order valence-electron chi connectivity index (χ4n) is 1.36. The highest BCUT2D eigenvalue weighted by Gasteiger charge is 2.16. The van der Waals surface area contributed by atoms with Gasteiger partial charge < -0.3 is 10.1 Å². The molecule has 0 aromatic heterocycles. The van der Waals surface area contributed by atoms with E-state index in [9.17, 15) is 19.3 Å². The van der Waals surface area contributed by atoms with Crippen molar-refractivity contribution in [3.05, 3.63) is 33.6 Å². The van der Waals surface area contributed by atoms with E-state index in [1.54, 1.807) is 0 Å². The molecule has 0 saturated heterocycles. The topological polar surface area (TPSA) is 81.5 Å². The summed E-state index contributed by atoms with van der Waals surface area (Å²) in [7, 11) is 1.26. The van der Waals surface area contributed by atoms with Crippen LogP contribution in [0.4, 0.5) is 15.8 Å². The maximum Gasteiger partial charge on any atom is 0.307 e. The van der Waals surface area contributed by atoms with Crippen LogP contribution in [-0.4, -0.2) is 24.5 Å². The molecule has 0 spiro atoms. The van der Waals surface area contributed by atoms with Gasteiger partial charge in [0.05, 0.1) is 24.5 Å². The van der Waals surface area contributed by atoms with E-state index in [1.165, 1.54) is 20.1 Å². The predicted octanol–water partition coefficient (Wildman–Crippen LogP) is 2.02. The number of hydrogen-bond acceptors (Lipinski definition) is 5. The van der Waals surface area contributed by atoms with Gasteiger partial charge in [0.25, 0.3) is 5.69 Å². The fraction of sp³-hybridized carbons (Fsp3) is 0.364. The number of methoxy groups -OCH3 is 1. The molecule has 0 saturated carbocycles. The molecule has 1 aromatic carbocycles. The second-order valence-electron chi connectivity index (χ2n) is 3.63. The van der Waals surface area contributed by atoms with Gasteiger partial charge in [-0.25, -0.2) is 4.39 Å². The molecule has 0 radical (unpaired) electrons. The molecule has 98 valence electrons. The minimum Gasteiger partial charge on any atom is -0.469 e. The molecule has 0 unspecified atom stereocenters. The summed E-state index contributed by atoms with van der Waals surface area (Å²) in [5.41, 5.74) is 0.118. The molecule has 0 atom stereocenters. The van der Waals surface area contributed by atoms with Crippen molar-refractivity contribution in [2.75, 3.05) is 19.0 Å². The SMILES string of the molecule is COC(=O)CCNc1cc(C)c(F)cc1[N+](=O)[O-]. The van der Waals surface area contributed by atoms with E-state index in [4.69, 9.17) is 0 Å². The number of carbonyl (C=O) groups is 1. The van der Waals surface area contributed by atoms with Crippen LogP contribution < -0.4 is 5.32 Å². The Morgan fingerprint density at radius 2 is 2.22 bits per heavy atom. The molecule has 18 heavy (non-hydrogen) atoms. The number of halogens is 1. The Labute approximate surface area is 103 Å². The number of nitro groups is 1. The third kappa shape index (κ3) is 3.41. The number of nitrogens with zero attached hydrogens (tertiary/aromatic N) is 1. The van der Waals surface area contributed by atoms with Crippen molar-refractivity contribution < 1.29 is 18.8 Å². The zero-order valence-electron chi connectivity index (χ0n) is 10.0. The number of carbonyl (C=O) groups excluding carboxylic acids is 1. The van der Waals surface area contributed by atoms with Crippen molar-refractivity contribution in [2.45, 2.75) is 13.3 Å². The molecule has 0 aliphatic rings. The third-order valence-electron chi connectivity index (χ3n) is 2.35. The van der Waals surface area contributed by atoms with E-state index in [1.807, 2.05) is 0 Å². The first kappa shape index (κ1) is 13.9. The Balaban J connectivity index is 2.83. The molecule has 0 fully saturated rings. The molecular formula is C11H13FN2O4. The number of esters is 1. The van der Waals surface area contributed by atoms with Crippen LogP contribution in [0.1, 0.15) is 12.0 Å². The van der Waals surface area contributed by atoms with Gasteiger partial charge in [0.1, 0.15) is 11.5 Å². The van der Waals surface area contributed by atoms with Crippen LogP contribution in [0, 0.1) is 22.9 Å². The van der Waals surface area contributed by atoms with Crippen LogP contribution in [0.25, 0.3) is 0 Å². The number of nitro benzene ring substituents is 1. The Kier molecular flexibility index (Phi) is 4.59. The standard InChI is InChI=1S/C11H13FN2O4/c1-7-5-9(13-4-3-11(15)18-2)10(14(16)17)6-8(7)12/h5-6,13H,3-4H2,1-2H3. The van der Waals surface area contributed by atoms with Crippen molar-refractivity contribution in [3.63, 3.8) is 0 Å². The van der Waals surface area contributed by atoms with Gasteiger partial charge in [0.15, 0.2) is 0 Å². The summed E-state index contributed by atoms with van der Waals surface area (Å²) in [6, 6.07) is 2.19. The smallest absolute Gasteiger partial charge is 0.307 e. The van der Waals surface area contributed by atoms with Gasteiger partial charge in [-0.2, -0.15) is 0 Å². The lowest BCUT2D eigenvalue weighted by molar-refractivity contribution is -0.384. The normalized spacial score (nSPS) is 9.94. The van der Waals surface area contributed by atoms with Crippen LogP contribution in [0.15, 0.2) is 12.1 Å². The number of nitrogens with one attached hydrogen (secondary N) is 1. The minimum absolute atomic E-state index is 0.0735. The van der Waals surface area contributed by atoms with E-state index in [-0.39, 0.29) is 24.3 Å². The molecule has 0 aliphatic carbocycles. The second kappa shape index (κ2) is 5.95. The summed E-state index contributed by atoms with van der Waals surface area (Å²) >= 11 is 0.